The minimum absolute atomic E-state index is 0.0190. The first-order valence-electron chi connectivity index (χ1n) is 7.92. The van der Waals surface area contributed by atoms with E-state index in [1.165, 1.54) is 32.0 Å². The SMILES string of the molecule is Cc1nc(Oc2ccccc2F)nc(C)c1NS(=O)(=O)c1cc(F)cc(F)c1. The van der Waals surface area contributed by atoms with Crippen LogP contribution in [0.2, 0.25) is 0 Å². The zero-order valence-electron chi connectivity index (χ0n) is 14.7. The summed E-state index contributed by atoms with van der Waals surface area (Å²) >= 11 is 0. The number of rotatable bonds is 5. The van der Waals surface area contributed by atoms with E-state index in [4.69, 9.17) is 4.74 Å². The maximum absolute atomic E-state index is 13.7. The summed E-state index contributed by atoms with van der Waals surface area (Å²) in [5.41, 5.74) is 0.379. The molecule has 0 aliphatic carbocycles. The molecule has 1 heterocycles. The Morgan fingerprint density at radius 3 is 2.07 bits per heavy atom. The molecule has 1 N–H and O–H groups in total. The van der Waals surface area contributed by atoms with Gasteiger partial charge >= 0.3 is 6.01 Å². The summed E-state index contributed by atoms with van der Waals surface area (Å²) in [6.07, 6.45) is 0. The Bertz CT molecular complexity index is 1110. The predicted octanol–water partition coefficient (Wildman–Crippen LogP) is 4.10. The summed E-state index contributed by atoms with van der Waals surface area (Å²) in [6.45, 7) is 2.96. The summed E-state index contributed by atoms with van der Waals surface area (Å²) in [5, 5.41) is 0. The average Bonchev–Trinajstić information content (AvgIpc) is 2.59. The van der Waals surface area contributed by atoms with E-state index in [1.807, 2.05) is 0 Å². The number of benzene rings is 2. The number of nitrogens with zero attached hydrogens (tertiary/aromatic N) is 2. The van der Waals surface area contributed by atoms with Crippen molar-refractivity contribution in [1.82, 2.24) is 9.97 Å². The molecule has 0 saturated carbocycles. The van der Waals surface area contributed by atoms with Gasteiger partial charge in [0.15, 0.2) is 11.6 Å². The standard InChI is InChI=1S/C18H14F3N3O3S/c1-10-17(24-28(25,26)14-8-12(19)7-13(20)9-14)11(2)23-18(22-10)27-16-6-4-3-5-15(16)21/h3-9,24H,1-2H3. The van der Waals surface area contributed by atoms with Crippen molar-refractivity contribution in [2.75, 3.05) is 4.72 Å². The molecule has 0 bridgehead atoms. The average molecular weight is 409 g/mol. The van der Waals surface area contributed by atoms with Crippen molar-refractivity contribution in [3.05, 3.63) is 71.3 Å². The Balaban J connectivity index is 1.92. The highest BCUT2D eigenvalue weighted by Crippen LogP contribution is 2.27. The first-order chi connectivity index (χ1) is 13.2. The molecule has 0 spiro atoms. The van der Waals surface area contributed by atoms with Crippen molar-refractivity contribution in [2.24, 2.45) is 0 Å². The molecule has 0 atom stereocenters. The molecule has 6 nitrogen and oxygen atoms in total. The Morgan fingerprint density at radius 2 is 1.50 bits per heavy atom. The molecular weight excluding hydrogens is 395 g/mol. The van der Waals surface area contributed by atoms with Crippen LogP contribution in [0.25, 0.3) is 0 Å². The minimum atomic E-state index is -4.29. The van der Waals surface area contributed by atoms with Crippen LogP contribution in [0.15, 0.2) is 47.4 Å². The molecule has 0 fully saturated rings. The van der Waals surface area contributed by atoms with Gasteiger partial charge < -0.3 is 4.74 Å². The monoisotopic (exact) mass is 409 g/mol. The number of halogens is 3. The fourth-order valence-electron chi connectivity index (χ4n) is 2.38. The Kier molecular flexibility index (Phi) is 5.23. The number of aromatic nitrogens is 2. The molecule has 0 radical (unpaired) electrons. The molecule has 10 heteroatoms. The van der Waals surface area contributed by atoms with Gasteiger partial charge in [0, 0.05) is 6.07 Å². The second-order valence-electron chi connectivity index (χ2n) is 5.80. The summed E-state index contributed by atoms with van der Waals surface area (Å²) in [7, 11) is -4.29. The van der Waals surface area contributed by atoms with Crippen LogP contribution in [-0.4, -0.2) is 18.4 Å². The number of para-hydroxylation sites is 1. The van der Waals surface area contributed by atoms with Gasteiger partial charge in [-0.25, -0.2) is 21.6 Å². The van der Waals surface area contributed by atoms with Crippen LogP contribution >= 0.6 is 0 Å². The van der Waals surface area contributed by atoms with Gasteiger partial charge in [0.2, 0.25) is 0 Å². The van der Waals surface area contributed by atoms with Crippen LogP contribution in [0.3, 0.4) is 0 Å². The van der Waals surface area contributed by atoms with Crippen LogP contribution in [0, 0.1) is 31.3 Å². The third-order valence-corrected chi connectivity index (χ3v) is 5.00. The smallest absolute Gasteiger partial charge is 0.322 e. The van der Waals surface area contributed by atoms with E-state index < -0.39 is 32.4 Å². The molecule has 146 valence electrons. The number of sulfonamides is 1. The lowest BCUT2D eigenvalue weighted by molar-refractivity contribution is 0.409. The number of ether oxygens (including phenoxy) is 1. The summed E-state index contributed by atoms with van der Waals surface area (Å²) in [4.78, 5) is 7.43. The normalized spacial score (nSPS) is 11.3. The van der Waals surface area contributed by atoms with Gasteiger partial charge in [-0.05, 0) is 38.1 Å². The third kappa shape index (κ3) is 4.22. The Morgan fingerprint density at radius 1 is 0.929 bits per heavy atom. The van der Waals surface area contributed by atoms with Gasteiger partial charge in [-0.3, -0.25) is 4.72 Å². The van der Waals surface area contributed by atoms with Gasteiger partial charge in [-0.2, -0.15) is 9.97 Å². The fourth-order valence-corrected chi connectivity index (χ4v) is 3.60. The van der Waals surface area contributed by atoms with Gasteiger partial charge in [-0.1, -0.05) is 12.1 Å². The summed E-state index contributed by atoms with van der Waals surface area (Å²) in [6, 6.07) is 7.41. The van der Waals surface area contributed by atoms with Crippen molar-refractivity contribution in [2.45, 2.75) is 18.7 Å². The molecule has 0 amide bonds. The number of hydrogen-bond donors (Lipinski definition) is 1. The van der Waals surface area contributed by atoms with Crippen molar-refractivity contribution >= 4 is 15.7 Å². The van der Waals surface area contributed by atoms with Crippen molar-refractivity contribution in [3.8, 4) is 11.8 Å². The fraction of sp³-hybridized carbons (Fsp3) is 0.111. The van der Waals surface area contributed by atoms with E-state index in [9.17, 15) is 21.6 Å². The van der Waals surface area contributed by atoms with Crippen molar-refractivity contribution in [3.63, 3.8) is 0 Å². The second kappa shape index (κ2) is 7.47. The highest BCUT2D eigenvalue weighted by atomic mass is 32.2. The number of hydrogen-bond acceptors (Lipinski definition) is 5. The summed E-state index contributed by atoms with van der Waals surface area (Å²) < 4.78 is 72.8. The lowest BCUT2D eigenvalue weighted by Crippen LogP contribution is -2.16. The Hall–Kier alpha value is -3.14. The van der Waals surface area contributed by atoms with E-state index in [0.717, 1.165) is 0 Å². The number of anilines is 1. The third-order valence-electron chi connectivity index (χ3n) is 3.67. The minimum Gasteiger partial charge on any atom is -0.421 e. The van der Waals surface area contributed by atoms with E-state index in [2.05, 4.69) is 14.7 Å². The highest BCUT2D eigenvalue weighted by molar-refractivity contribution is 7.92. The van der Waals surface area contributed by atoms with Crippen LogP contribution in [-0.2, 0) is 10.0 Å². The zero-order valence-corrected chi connectivity index (χ0v) is 15.5. The molecule has 0 aliphatic rings. The van der Waals surface area contributed by atoms with Gasteiger partial charge in [0.25, 0.3) is 10.0 Å². The molecule has 0 saturated heterocycles. The molecule has 2 aromatic carbocycles. The maximum Gasteiger partial charge on any atom is 0.322 e. The topological polar surface area (TPSA) is 81.2 Å². The van der Waals surface area contributed by atoms with Gasteiger partial charge in [-0.15, -0.1) is 0 Å². The highest BCUT2D eigenvalue weighted by Gasteiger charge is 2.21. The Labute approximate surface area is 159 Å². The molecular formula is C18H14F3N3O3S. The van der Waals surface area contributed by atoms with Crippen LogP contribution in [0.1, 0.15) is 11.4 Å². The first kappa shape index (κ1) is 19.6. The van der Waals surface area contributed by atoms with Crippen LogP contribution in [0.5, 0.6) is 11.8 Å². The van der Waals surface area contributed by atoms with Gasteiger partial charge in [0.05, 0.1) is 22.0 Å². The second-order valence-corrected chi connectivity index (χ2v) is 7.48. The number of nitrogens with one attached hydrogen (secondary N) is 1. The first-order valence-corrected chi connectivity index (χ1v) is 9.40. The van der Waals surface area contributed by atoms with E-state index in [1.54, 1.807) is 6.07 Å². The van der Waals surface area contributed by atoms with Crippen LogP contribution in [0.4, 0.5) is 18.9 Å². The van der Waals surface area contributed by atoms with E-state index in [0.29, 0.717) is 18.2 Å². The largest absolute Gasteiger partial charge is 0.421 e. The zero-order chi connectivity index (χ0) is 20.5. The van der Waals surface area contributed by atoms with Crippen LogP contribution < -0.4 is 9.46 Å². The lowest BCUT2D eigenvalue weighted by Gasteiger charge is -2.14. The molecule has 3 rings (SSSR count). The predicted molar refractivity (Wildman–Crippen MR) is 95.1 cm³/mol. The quantitative estimate of drug-likeness (QED) is 0.686. The molecule has 0 aliphatic heterocycles. The van der Waals surface area contributed by atoms with E-state index >= 15 is 0 Å². The number of aryl methyl sites for hydroxylation is 2. The lowest BCUT2D eigenvalue weighted by atomic mass is 10.3. The molecule has 3 aromatic rings. The summed E-state index contributed by atoms with van der Waals surface area (Å²) in [5.74, 6) is -2.76. The van der Waals surface area contributed by atoms with E-state index in [-0.39, 0.29) is 28.8 Å². The van der Waals surface area contributed by atoms with Gasteiger partial charge in [0.1, 0.15) is 11.6 Å². The molecule has 0 unspecified atom stereocenters. The van der Waals surface area contributed by atoms with Crippen molar-refractivity contribution < 1.29 is 26.3 Å². The molecule has 28 heavy (non-hydrogen) atoms. The maximum atomic E-state index is 13.7. The van der Waals surface area contributed by atoms with Crippen molar-refractivity contribution in [1.29, 1.82) is 0 Å². The molecule has 1 aromatic heterocycles.